The van der Waals surface area contributed by atoms with Gasteiger partial charge in [0.2, 0.25) is 11.8 Å². The van der Waals surface area contributed by atoms with Gasteiger partial charge in [0.05, 0.1) is 65.3 Å². The number of ether oxygens (including phenoxy) is 6. The number of carbonyl (C=O) groups excluding carboxylic acids is 6. The summed E-state index contributed by atoms with van der Waals surface area (Å²) in [6.07, 6.45) is 4.61. The van der Waals surface area contributed by atoms with Gasteiger partial charge in [-0.3, -0.25) is 28.8 Å². The quantitative estimate of drug-likeness (QED) is 0.0285. The van der Waals surface area contributed by atoms with Crippen molar-refractivity contribution in [1.82, 2.24) is 21.3 Å². The van der Waals surface area contributed by atoms with Crippen LogP contribution in [-0.4, -0.2) is 149 Å². The topological polar surface area (TPSA) is 281 Å². The number of carboxylic acid groups (broad SMARTS) is 2. The van der Waals surface area contributed by atoms with E-state index in [-0.39, 0.29) is 74.8 Å². The van der Waals surface area contributed by atoms with E-state index in [0.717, 1.165) is 43.2 Å². The molecule has 0 radical (unpaired) electrons. The second kappa shape index (κ2) is 41.6. The molecular formula is C53H80N4O16. The van der Waals surface area contributed by atoms with Gasteiger partial charge >= 0.3 is 18.0 Å². The molecule has 20 nitrogen and oxygen atoms in total. The molecule has 0 saturated carbocycles. The second-order valence-corrected chi connectivity index (χ2v) is 17.4. The molecule has 0 aliphatic carbocycles. The van der Waals surface area contributed by atoms with Gasteiger partial charge in [-0.25, -0.2) is 9.59 Å². The fourth-order valence-electron chi connectivity index (χ4n) is 7.46. The Labute approximate surface area is 429 Å². The molecule has 0 aliphatic heterocycles. The van der Waals surface area contributed by atoms with E-state index in [0.29, 0.717) is 98.3 Å². The highest BCUT2D eigenvalue weighted by molar-refractivity contribution is 5.93. The van der Waals surface area contributed by atoms with Gasteiger partial charge in [0, 0.05) is 57.8 Å². The van der Waals surface area contributed by atoms with Crippen LogP contribution >= 0.6 is 0 Å². The molecule has 4 atom stereocenters. The van der Waals surface area contributed by atoms with E-state index in [9.17, 15) is 43.5 Å². The maximum atomic E-state index is 14.1. The van der Waals surface area contributed by atoms with Gasteiger partial charge in [-0.1, -0.05) is 86.3 Å². The highest BCUT2D eigenvalue weighted by Crippen LogP contribution is 2.17. The molecule has 20 heteroatoms. The lowest BCUT2D eigenvalue weighted by atomic mass is 9.89. The normalized spacial score (nSPS) is 12.7. The largest absolute Gasteiger partial charge is 0.481 e. The molecule has 6 N–H and O–H groups in total. The number of amides is 4. The Morgan fingerprint density at radius 2 is 1.11 bits per heavy atom. The summed E-state index contributed by atoms with van der Waals surface area (Å²) in [6, 6.07) is 15.7. The summed E-state index contributed by atoms with van der Waals surface area (Å²) < 4.78 is 32.0. The van der Waals surface area contributed by atoms with Gasteiger partial charge < -0.3 is 59.9 Å². The summed E-state index contributed by atoms with van der Waals surface area (Å²) in [5.41, 5.74) is 1.80. The zero-order valence-electron chi connectivity index (χ0n) is 42.6. The van der Waals surface area contributed by atoms with Crippen LogP contribution in [0.25, 0.3) is 0 Å². The lowest BCUT2D eigenvalue weighted by Gasteiger charge is -2.22. The summed E-state index contributed by atoms with van der Waals surface area (Å²) in [5, 5.41) is 28.7. The molecule has 0 bridgehead atoms. The van der Waals surface area contributed by atoms with E-state index in [4.69, 9.17) is 28.8 Å². The Balaban J connectivity index is 1.75. The van der Waals surface area contributed by atoms with Crippen LogP contribution in [0, 0.1) is 5.92 Å². The Kier molecular flexibility index (Phi) is 36.1. The first-order chi connectivity index (χ1) is 35.4. The number of hydrogen-bond acceptors (Lipinski definition) is 14. The SMILES string of the molecule is CCOCCOCCOCCOCCOCCCCNC(=O)[C@@H](CC(=O)[C@H](Cc1ccccc1)NC(=O)CCCCCCCCC(=O)CC[C@H](NC(=O)N[C@@H](CCC(=O)O)OC=O)C(=O)O)Cc1ccccc1. The summed E-state index contributed by atoms with van der Waals surface area (Å²) in [5.74, 6) is -4.06. The fraction of sp³-hybridized carbons (Fsp3) is 0.623. The number of carboxylic acids is 2. The number of aliphatic carboxylic acids is 2. The lowest BCUT2D eigenvalue weighted by Crippen LogP contribution is -2.49. The maximum absolute atomic E-state index is 14.1. The molecule has 0 unspecified atom stereocenters. The third kappa shape index (κ3) is 33.5. The van der Waals surface area contributed by atoms with Crippen LogP contribution in [0.2, 0.25) is 0 Å². The number of Topliss-reactive ketones (excluding diaryl/α,β-unsaturated/α-hetero) is 2. The zero-order chi connectivity index (χ0) is 53.2. The summed E-state index contributed by atoms with van der Waals surface area (Å²) >= 11 is 0. The molecule has 73 heavy (non-hydrogen) atoms. The smallest absolute Gasteiger partial charge is 0.326 e. The predicted molar refractivity (Wildman–Crippen MR) is 269 cm³/mol. The summed E-state index contributed by atoms with van der Waals surface area (Å²) in [4.78, 5) is 99.0. The van der Waals surface area contributed by atoms with E-state index < -0.39 is 48.6 Å². The van der Waals surface area contributed by atoms with Crippen LogP contribution in [0.4, 0.5) is 4.79 Å². The molecule has 0 aliphatic rings. The number of carbonyl (C=O) groups is 8. The van der Waals surface area contributed by atoms with E-state index in [2.05, 4.69) is 26.0 Å². The van der Waals surface area contributed by atoms with Gasteiger partial charge in [0.15, 0.2) is 12.0 Å². The molecular weight excluding hydrogens is 949 g/mol. The minimum absolute atomic E-state index is 0.0369. The fourth-order valence-corrected chi connectivity index (χ4v) is 7.46. The van der Waals surface area contributed by atoms with Crippen LogP contribution in [-0.2, 0) is 74.8 Å². The molecule has 2 aromatic carbocycles. The number of unbranched alkanes of at least 4 members (excludes halogenated alkanes) is 6. The first kappa shape index (κ1) is 63.3. The van der Waals surface area contributed by atoms with Crippen molar-refractivity contribution in [1.29, 1.82) is 0 Å². The van der Waals surface area contributed by atoms with E-state index in [1.807, 2.05) is 67.6 Å². The standard InChI is InChI=1S/C53H80N4O16/c1-2-68-29-30-70-33-34-72-36-35-71-32-31-69-28-16-15-27-54-51(64)43(37-41-17-9-7-10-18-41)39-47(60)46(38-42-19-11-8-12-20-42)55-48(61)22-14-6-4-3-5-13-21-44(59)23-24-45(52(65)66)56-53(67)57-49(73-40-58)25-26-50(62)63/h7-12,17-20,40,43,45-46,49H,2-6,13-16,21-39H2,1H3,(H,54,64)(H,55,61)(H,62,63)(H,65,66)(H2,56,57,67)/t43-,45+,46+,49-/m1/s1. The van der Waals surface area contributed by atoms with Crippen LogP contribution in [0.5, 0.6) is 0 Å². The lowest BCUT2D eigenvalue weighted by molar-refractivity contribution is -0.141. The minimum Gasteiger partial charge on any atom is -0.481 e. The third-order valence-electron chi connectivity index (χ3n) is 11.4. The van der Waals surface area contributed by atoms with Gasteiger partial charge in [-0.2, -0.15) is 0 Å². The minimum atomic E-state index is -1.40. The van der Waals surface area contributed by atoms with Crippen molar-refractivity contribution in [2.75, 3.05) is 72.6 Å². The molecule has 0 heterocycles. The second-order valence-electron chi connectivity index (χ2n) is 17.4. The molecule has 0 fully saturated rings. The molecule has 4 amide bonds. The summed E-state index contributed by atoms with van der Waals surface area (Å²) in [6.45, 7) is 7.54. The number of nitrogens with one attached hydrogen (secondary N) is 4. The van der Waals surface area contributed by atoms with Crippen LogP contribution in [0.1, 0.15) is 114 Å². The van der Waals surface area contributed by atoms with Gasteiger partial charge in [-0.15, -0.1) is 0 Å². The van der Waals surface area contributed by atoms with Crippen molar-refractivity contribution in [3.05, 3.63) is 71.8 Å². The number of rotatable bonds is 47. The Hall–Kier alpha value is -5.80. The van der Waals surface area contributed by atoms with Crippen molar-refractivity contribution >= 4 is 47.8 Å². The van der Waals surface area contributed by atoms with Crippen molar-refractivity contribution in [3.63, 3.8) is 0 Å². The first-order valence-electron chi connectivity index (χ1n) is 25.6. The number of benzene rings is 2. The Morgan fingerprint density at radius 1 is 0.562 bits per heavy atom. The number of ketones is 2. The molecule has 2 rings (SSSR count). The Bertz CT molecular complexity index is 1860. The van der Waals surface area contributed by atoms with Crippen molar-refractivity contribution in [3.8, 4) is 0 Å². The highest BCUT2D eigenvalue weighted by atomic mass is 16.6. The predicted octanol–water partition coefficient (Wildman–Crippen LogP) is 5.12. The Morgan fingerprint density at radius 3 is 1.67 bits per heavy atom. The van der Waals surface area contributed by atoms with Gasteiger partial charge in [-0.05, 0) is 63.0 Å². The number of urea groups is 1. The molecule has 0 spiro atoms. The highest BCUT2D eigenvalue weighted by Gasteiger charge is 2.28. The monoisotopic (exact) mass is 1030 g/mol. The van der Waals surface area contributed by atoms with Crippen molar-refractivity contribution in [2.45, 2.75) is 134 Å². The molecule has 0 aromatic heterocycles. The zero-order valence-corrected chi connectivity index (χ0v) is 42.6. The molecule has 408 valence electrons. The van der Waals surface area contributed by atoms with Gasteiger partial charge in [0.25, 0.3) is 6.47 Å². The van der Waals surface area contributed by atoms with Crippen LogP contribution in [0.15, 0.2) is 60.7 Å². The average molecular weight is 1030 g/mol. The number of hydrogen-bond donors (Lipinski definition) is 6. The van der Waals surface area contributed by atoms with E-state index >= 15 is 0 Å². The maximum Gasteiger partial charge on any atom is 0.326 e. The van der Waals surface area contributed by atoms with E-state index in [1.54, 1.807) is 0 Å². The average Bonchev–Trinajstić information content (AvgIpc) is 3.37. The molecule has 2 aromatic rings. The van der Waals surface area contributed by atoms with E-state index in [1.165, 1.54) is 0 Å². The van der Waals surface area contributed by atoms with Crippen molar-refractivity contribution in [2.24, 2.45) is 5.92 Å². The van der Waals surface area contributed by atoms with Crippen LogP contribution in [0.3, 0.4) is 0 Å². The first-order valence-corrected chi connectivity index (χ1v) is 25.6. The van der Waals surface area contributed by atoms with Crippen LogP contribution < -0.4 is 21.3 Å². The van der Waals surface area contributed by atoms with Crippen molar-refractivity contribution < 1.29 is 77.0 Å². The molecule has 0 saturated heterocycles. The van der Waals surface area contributed by atoms with Gasteiger partial charge in [0.1, 0.15) is 11.8 Å². The summed E-state index contributed by atoms with van der Waals surface area (Å²) in [7, 11) is 0. The third-order valence-corrected chi connectivity index (χ3v) is 11.4.